The highest BCUT2D eigenvalue weighted by Gasteiger charge is 2.23. The van der Waals surface area contributed by atoms with Crippen molar-refractivity contribution in [3.05, 3.63) is 70.4 Å². The van der Waals surface area contributed by atoms with Crippen molar-refractivity contribution in [1.82, 2.24) is 15.5 Å². The quantitative estimate of drug-likeness (QED) is 0.483. The third-order valence-electron chi connectivity index (χ3n) is 5.32. The van der Waals surface area contributed by atoms with Gasteiger partial charge in [0.15, 0.2) is 5.96 Å². The number of nitrogens with one attached hydrogen (secondary N) is 2. The first-order valence-electron chi connectivity index (χ1n) is 10.1. The number of thiophene rings is 1. The molecule has 1 aliphatic rings. The van der Waals surface area contributed by atoms with E-state index in [4.69, 9.17) is 4.74 Å². The predicted octanol–water partition coefficient (Wildman–Crippen LogP) is 3.64. The lowest BCUT2D eigenvalue weighted by atomic mass is 10.1. The zero-order valence-corrected chi connectivity index (χ0v) is 17.6. The van der Waals surface area contributed by atoms with Crippen molar-refractivity contribution in [3.8, 4) is 0 Å². The van der Waals surface area contributed by atoms with Gasteiger partial charge in [0.1, 0.15) is 0 Å². The molecule has 2 N–H and O–H groups in total. The molecule has 0 bridgehead atoms. The van der Waals surface area contributed by atoms with Crippen LogP contribution in [0.15, 0.2) is 65.0 Å². The van der Waals surface area contributed by atoms with Crippen LogP contribution in [0.1, 0.15) is 16.5 Å². The van der Waals surface area contributed by atoms with Gasteiger partial charge in [0.25, 0.3) is 0 Å². The van der Waals surface area contributed by atoms with Gasteiger partial charge in [0, 0.05) is 38.1 Å². The third-order valence-corrected chi connectivity index (χ3v) is 6.29. The second kappa shape index (κ2) is 9.87. The molecule has 1 fully saturated rings. The molecule has 6 heteroatoms. The fourth-order valence-corrected chi connectivity index (χ4v) is 4.59. The van der Waals surface area contributed by atoms with Gasteiger partial charge in [-0.15, -0.1) is 11.3 Å². The van der Waals surface area contributed by atoms with Crippen LogP contribution in [0.25, 0.3) is 10.8 Å². The van der Waals surface area contributed by atoms with Gasteiger partial charge in [-0.2, -0.15) is 0 Å². The highest BCUT2D eigenvalue weighted by molar-refractivity contribution is 7.10. The van der Waals surface area contributed by atoms with E-state index in [9.17, 15) is 0 Å². The molecule has 29 heavy (non-hydrogen) atoms. The molecule has 2 aromatic carbocycles. The van der Waals surface area contributed by atoms with Crippen LogP contribution in [-0.4, -0.2) is 50.8 Å². The monoisotopic (exact) mass is 408 g/mol. The molecule has 1 unspecified atom stereocenters. The van der Waals surface area contributed by atoms with Gasteiger partial charge in [-0.3, -0.25) is 9.89 Å². The molecule has 0 radical (unpaired) electrons. The molecule has 5 nitrogen and oxygen atoms in total. The van der Waals surface area contributed by atoms with Crippen LogP contribution in [0.3, 0.4) is 0 Å². The normalized spacial score (nSPS) is 16.7. The molecule has 4 rings (SSSR count). The van der Waals surface area contributed by atoms with E-state index in [-0.39, 0.29) is 0 Å². The Labute approximate surface area is 176 Å². The van der Waals surface area contributed by atoms with Crippen molar-refractivity contribution >= 4 is 28.1 Å². The van der Waals surface area contributed by atoms with Gasteiger partial charge in [-0.1, -0.05) is 42.5 Å². The first-order chi connectivity index (χ1) is 14.3. The molecule has 1 aliphatic heterocycles. The molecule has 1 aromatic heterocycles. The number of hydrogen-bond acceptors (Lipinski definition) is 4. The van der Waals surface area contributed by atoms with E-state index in [0.29, 0.717) is 6.04 Å². The van der Waals surface area contributed by atoms with Crippen molar-refractivity contribution < 1.29 is 4.74 Å². The van der Waals surface area contributed by atoms with Gasteiger partial charge in [-0.25, -0.2) is 0 Å². The number of nitrogens with zero attached hydrogens (tertiary/aromatic N) is 2. The summed E-state index contributed by atoms with van der Waals surface area (Å²) in [5.41, 5.74) is 1.25. The topological polar surface area (TPSA) is 48.9 Å². The Morgan fingerprint density at radius 2 is 1.90 bits per heavy atom. The number of morpholine rings is 1. The molecule has 1 atom stereocenters. The van der Waals surface area contributed by atoms with Crippen molar-refractivity contribution in [1.29, 1.82) is 0 Å². The van der Waals surface area contributed by atoms with Gasteiger partial charge in [0.05, 0.1) is 19.3 Å². The highest BCUT2D eigenvalue weighted by Crippen LogP contribution is 2.25. The molecule has 0 amide bonds. The molecule has 0 saturated carbocycles. The summed E-state index contributed by atoms with van der Waals surface area (Å²) in [6.45, 7) is 5.10. The fourth-order valence-electron chi connectivity index (χ4n) is 3.73. The van der Waals surface area contributed by atoms with E-state index in [1.165, 1.54) is 21.2 Å². The minimum Gasteiger partial charge on any atom is -0.379 e. The Hall–Kier alpha value is -2.41. The van der Waals surface area contributed by atoms with Crippen LogP contribution < -0.4 is 10.6 Å². The lowest BCUT2D eigenvalue weighted by Crippen LogP contribution is -2.46. The van der Waals surface area contributed by atoms with Gasteiger partial charge >= 0.3 is 0 Å². The number of fused-ring (bicyclic) bond motifs is 1. The van der Waals surface area contributed by atoms with Gasteiger partial charge < -0.3 is 15.4 Å². The fraction of sp³-hybridized carbons (Fsp3) is 0.348. The summed E-state index contributed by atoms with van der Waals surface area (Å²) in [5.74, 6) is 0.827. The number of aliphatic imine (C=N–C) groups is 1. The summed E-state index contributed by atoms with van der Waals surface area (Å²) in [7, 11) is 1.82. The van der Waals surface area contributed by atoms with Crippen LogP contribution in [0, 0.1) is 0 Å². The summed E-state index contributed by atoms with van der Waals surface area (Å²) < 4.78 is 5.54. The SMILES string of the molecule is CN=C(NCc1ccc2ccccc2c1)NCC(c1cccs1)N1CCOCC1. The van der Waals surface area contributed by atoms with Crippen LogP contribution >= 0.6 is 11.3 Å². The zero-order valence-electron chi connectivity index (χ0n) is 16.8. The number of guanidine groups is 1. The first-order valence-corrected chi connectivity index (χ1v) is 11.0. The van der Waals surface area contributed by atoms with Crippen molar-refractivity contribution in [2.45, 2.75) is 12.6 Å². The molecule has 0 aliphatic carbocycles. The lowest BCUT2D eigenvalue weighted by molar-refractivity contribution is 0.0177. The van der Waals surface area contributed by atoms with E-state index < -0.39 is 0 Å². The molecular weight excluding hydrogens is 380 g/mol. The van der Waals surface area contributed by atoms with Crippen LogP contribution in [0.5, 0.6) is 0 Å². The summed E-state index contributed by atoms with van der Waals surface area (Å²) in [5, 5.41) is 11.7. The maximum absolute atomic E-state index is 5.54. The second-order valence-corrected chi connectivity index (χ2v) is 8.15. The molecule has 2 heterocycles. The molecule has 1 saturated heterocycles. The minimum atomic E-state index is 0.332. The Morgan fingerprint density at radius 1 is 1.07 bits per heavy atom. The lowest BCUT2D eigenvalue weighted by Gasteiger charge is -2.34. The van der Waals surface area contributed by atoms with E-state index in [0.717, 1.165) is 45.4 Å². The number of rotatable bonds is 6. The van der Waals surface area contributed by atoms with Crippen LogP contribution in [0.4, 0.5) is 0 Å². The maximum Gasteiger partial charge on any atom is 0.191 e. The molecule has 0 spiro atoms. The van der Waals surface area contributed by atoms with Crippen LogP contribution in [-0.2, 0) is 11.3 Å². The summed E-state index contributed by atoms with van der Waals surface area (Å²) in [6.07, 6.45) is 0. The predicted molar refractivity (Wildman–Crippen MR) is 122 cm³/mol. The number of ether oxygens (including phenoxy) is 1. The van der Waals surface area contributed by atoms with E-state index in [1.807, 2.05) is 18.4 Å². The Balaban J connectivity index is 1.37. The van der Waals surface area contributed by atoms with E-state index in [2.05, 4.69) is 80.5 Å². The Morgan fingerprint density at radius 3 is 2.66 bits per heavy atom. The third kappa shape index (κ3) is 5.15. The first kappa shape index (κ1) is 19.9. The summed E-state index contributed by atoms with van der Waals surface area (Å²) >= 11 is 1.81. The second-order valence-electron chi connectivity index (χ2n) is 7.17. The van der Waals surface area contributed by atoms with E-state index in [1.54, 1.807) is 0 Å². The number of hydrogen-bond donors (Lipinski definition) is 2. The van der Waals surface area contributed by atoms with Crippen LogP contribution in [0.2, 0.25) is 0 Å². The Kier molecular flexibility index (Phi) is 6.77. The maximum atomic E-state index is 5.54. The number of benzene rings is 2. The Bertz CT molecular complexity index is 935. The summed E-state index contributed by atoms with van der Waals surface area (Å²) in [4.78, 5) is 8.30. The highest BCUT2D eigenvalue weighted by atomic mass is 32.1. The minimum absolute atomic E-state index is 0.332. The average molecular weight is 409 g/mol. The zero-order chi connectivity index (χ0) is 19.9. The van der Waals surface area contributed by atoms with Gasteiger partial charge in [-0.05, 0) is 33.8 Å². The van der Waals surface area contributed by atoms with Crippen molar-refractivity contribution in [2.75, 3.05) is 39.9 Å². The van der Waals surface area contributed by atoms with Gasteiger partial charge in [0.2, 0.25) is 0 Å². The molecular formula is C23H28N4OS. The largest absolute Gasteiger partial charge is 0.379 e. The molecule has 152 valence electrons. The standard InChI is InChI=1S/C23H28N4OS/c1-24-23(25-16-18-8-9-19-5-2-3-6-20(19)15-18)26-17-21(22-7-4-14-29-22)27-10-12-28-13-11-27/h2-9,14-15,21H,10-13,16-17H2,1H3,(H2,24,25,26). The van der Waals surface area contributed by atoms with E-state index >= 15 is 0 Å². The summed E-state index contributed by atoms with van der Waals surface area (Å²) in [6, 6.07) is 19.7. The smallest absolute Gasteiger partial charge is 0.191 e. The average Bonchev–Trinajstić information content (AvgIpc) is 3.31. The van der Waals surface area contributed by atoms with Crippen molar-refractivity contribution in [2.24, 2.45) is 4.99 Å². The molecule has 3 aromatic rings. The van der Waals surface area contributed by atoms with Crippen molar-refractivity contribution in [3.63, 3.8) is 0 Å².